The topological polar surface area (TPSA) is 105 Å². The lowest BCUT2D eigenvalue weighted by Gasteiger charge is -2.16. The van der Waals surface area contributed by atoms with Crippen LogP contribution in [0.2, 0.25) is 0 Å². The summed E-state index contributed by atoms with van der Waals surface area (Å²) in [6, 6.07) is 21.4. The fourth-order valence-corrected chi connectivity index (χ4v) is 2.89. The summed E-state index contributed by atoms with van der Waals surface area (Å²) in [5.41, 5.74) is 1.77. The first-order chi connectivity index (χ1) is 14.9. The number of para-hydroxylation sites is 1. The zero-order valence-electron chi connectivity index (χ0n) is 16.9. The zero-order valence-corrected chi connectivity index (χ0v) is 16.9. The average molecular weight is 418 g/mol. The second kappa shape index (κ2) is 10.1. The summed E-state index contributed by atoms with van der Waals surface area (Å²) in [5.74, 6) is -1.60. The Morgan fingerprint density at radius 1 is 0.903 bits per heavy atom. The van der Waals surface area contributed by atoms with Gasteiger partial charge in [0.05, 0.1) is 22.9 Å². The molecule has 0 aliphatic rings. The van der Waals surface area contributed by atoms with Gasteiger partial charge >= 0.3 is 5.97 Å². The highest BCUT2D eigenvalue weighted by Gasteiger charge is 2.17. The van der Waals surface area contributed by atoms with Gasteiger partial charge in [-0.2, -0.15) is 0 Å². The number of phenols is 1. The van der Waals surface area contributed by atoms with Gasteiger partial charge in [-0.15, -0.1) is 0 Å². The monoisotopic (exact) mass is 418 g/mol. The van der Waals surface area contributed by atoms with E-state index in [2.05, 4.69) is 10.6 Å². The van der Waals surface area contributed by atoms with Crippen LogP contribution in [0.5, 0.6) is 5.75 Å². The van der Waals surface area contributed by atoms with Gasteiger partial charge in [0, 0.05) is 0 Å². The number of nitrogens with one attached hydrogen (secondary N) is 2. The van der Waals surface area contributed by atoms with Gasteiger partial charge < -0.3 is 20.5 Å². The van der Waals surface area contributed by atoms with E-state index in [0.717, 1.165) is 5.56 Å². The first-order valence-electron chi connectivity index (χ1n) is 9.65. The number of carbonyl (C=O) groups excluding carboxylic acids is 3. The van der Waals surface area contributed by atoms with E-state index in [1.165, 1.54) is 24.3 Å². The molecule has 0 aliphatic carbocycles. The predicted octanol–water partition coefficient (Wildman–Crippen LogP) is 3.68. The van der Waals surface area contributed by atoms with Crippen LogP contribution in [0, 0.1) is 0 Å². The first kappa shape index (κ1) is 21.6. The largest absolute Gasteiger partial charge is 0.508 e. The highest BCUT2D eigenvalue weighted by molar-refractivity contribution is 6.04. The van der Waals surface area contributed by atoms with Gasteiger partial charge in [-0.25, -0.2) is 4.79 Å². The SMILES string of the molecule is C[C@H](NC(=O)c1ccccc1NC(=O)COC(=O)c1ccc(O)cc1)c1ccccc1. The molecule has 3 rings (SSSR count). The van der Waals surface area contributed by atoms with Crippen molar-refractivity contribution in [1.82, 2.24) is 5.32 Å². The lowest BCUT2D eigenvalue weighted by atomic mass is 10.1. The predicted molar refractivity (Wildman–Crippen MR) is 116 cm³/mol. The molecule has 0 saturated carbocycles. The van der Waals surface area contributed by atoms with Crippen molar-refractivity contribution in [3.8, 4) is 5.75 Å². The fraction of sp³-hybridized carbons (Fsp3) is 0.125. The molecule has 3 N–H and O–H groups in total. The van der Waals surface area contributed by atoms with Crippen LogP contribution in [0.1, 0.15) is 39.2 Å². The minimum absolute atomic E-state index is 0.0192. The maximum atomic E-state index is 12.7. The Labute approximate surface area is 179 Å². The Hall–Kier alpha value is -4.13. The molecule has 0 fully saturated rings. The normalized spacial score (nSPS) is 11.3. The molecular formula is C24H22N2O5. The first-order valence-corrected chi connectivity index (χ1v) is 9.65. The number of esters is 1. The Kier molecular flexibility index (Phi) is 7.01. The van der Waals surface area contributed by atoms with E-state index in [1.807, 2.05) is 37.3 Å². The molecule has 1 atom stereocenters. The number of ether oxygens (including phenoxy) is 1. The molecule has 0 unspecified atom stereocenters. The van der Waals surface area contributed by atoms with Crippen LogP contribution >= 0.6 is 0 Å². The maximum Gasteiger partial charge on any atom is 0.338 e. The third-order valence-corrected chi connectivity index (χ3v) is 4.53. The Bertz CT molecular complexity index is 1060. The van der Waals surface area contributed by atoms with E-state index in [9.17, 15) is 19.5 Å². The van der Waals surface area contributed by atoms with Gasteiger partial charge in [0.25, 0.3) is 11.8 Å². The summed E-state index contributed by atoms with van der Waals surface area (Å²) < 4.78 is 4.99. The minimum atomic E-state index is -0.696. The molecular weight excluding hydrogens is 396 g/mol. The van der Waals surface area contributed by atoms with E-state index < -0.39 is 18.5 Å². The summed E-state index contributed by atoms with van der Waals surface area (Å²) >= 11 is 0. The lowest BCUT2D eigenvalue weighted by molar-refractivity contribution is -0.119. The molecule has 158 valence electrons. The molecule has 31 heavy (non-hydrogen) atoms. The number of hydrogen-bond donors (Lipinski definition) is 3. The van der Waals surface area contributed by atoms with Crippen LogP contribution < -0.4 is 10.6 Å². The molecule has 0 saturated heterocycles. The van der Waals surface area contributed by atoms with E-state index in [1.54, 1.807) is 24.3 Å². The Morgan fingerprint density at radius 3 is 2.26 bits per heavy atom. The van der Waals surface area contributed by atoms with E-state index in [4.69, 9.17) is 4.74 Å². The molecule has 7 heteroatoms. The van der Waals surface area contributed by atoms with Crippen LogP contribution in [0.25, 0.3) is 0 Å². The number of amides is 2. The van der Waals surface area contributed by atoms with E-state index in [0.29, 0.717) is 11.3 Å². The highest BCUT2D eigenvalue weighted by atomic mass is 16.5. The molecule has 7 nitrogen and oxygen atoms in total. The third kappa shape index (κ3) is 5.93. The van der Waals surface area contributed by atoms with Crippen molar-refractivity contribution in [1.29, 1.82) is 0 Å². The van der Waals surface area contributed by atoms with E-state index >= 15 is 0 Å². The van der Waals surface area contributed by atoms with Crippen molar-refractivity contribution < 1.29 is 24.2 Å². The number of benzene rings is 3. The van der Waals surface area contributed by atoms with Gasteiger partial charge in [0.15, 0.2) is 6.61 Å². The van der Waals surface area contributed by atoms with Gasteiger partial charge in [-0.3, -0.25) is 9.59 Å². The number of hydrogen-bond acceptors (Lipinski definition) is 5. The summed E-state index contributed by atoms with van der Waals surface area (Å²) in [4.78, 5) is 37.0. The standard InChI is InChI=1S/C24H22N2O5/c1-16(17-7-3-2-4-8-17)25-23(29)20-9-5-6-10-21(20)26-22(28)15-31-24(30)18-11-13-19(27)14-12-18/h2-14,16,27H,15H2,1H3,(H,25,29)(H,26,28)/t16-/m0/s1. The van der Waals surface area contributed by atoms with Crippen molar-refractivity contribution in [2.75, 3.05) is 11.9 Å². The molecule has 2 amide bonds. The highest BCUT2D eigenvalue weighted by Crippen LogP contribution is 2.18. The fourth-order valence-electron chi connectivity index (χ4n) is 2.89. The van der Waals surface area contributed by atoms with Crippen LogP contribution in [0.15, 0.2) is 78.9 Å². The van der Waals surface area contributed by atoms with Gasteiger partial charge in [-0.1, -0.05) is 42.5 Å². The van der Waals surface area contributed by atoms with Crippen molar-refractivity contribution in [3.63, 3.8) is 0 Å². The summed E-state index contributed by atoms with van der Waals surface area (Å²) in [5, 5.41) is 14.8. The summed E-state index contributed by atoms with van der Waals surface area (Å²) in [6.45, 7) is 1.35. The molecule has 3 aromatic rings. The van der Waals surface area contributed by atoms with Gasteiger partial charge in [-0.05, 0) is 48.9 Å². The summed E-state index contributed by atoms with van der Waals surface area (Å²) in [6.07, 6.45) is 0. The van der Waals surface area contributed by atoms with Crippen molar-refractivity contribution >= 4 is 23.5 Å². The third-order valence-electron chi connectivity index (χ3n) is 4.53. The van der Waals surface area contributed by atoms with Crippen molar-refractivity contribution in [2.45, 2.75) is 13.0 Å². The number of anilines is 1. The smallest absolute Gasteiger partial charge is 0.338 e. The number of carbonyl (C=O) groups is 3. The maximum absolute atomic E-state index is 12.7. The quantitative estimate of drug-likeness (QED) is 0.508. The number of rotatable bonds is 7. The zero-order chi connectivity index (χ0) is 22.2. The summed E-state index contributed by atoms with van der Waals surface area (Å²) in [7, 11) is 0. The van der Waals surface area contributed by atoms with Crippen molar-refractivity contribution in [3.05, 3.63) is 95.6 Å². The molecule has 0 aromatic heterocycles. The molecule has 0 radical (unpaired) electrons. The van der Waals surface area contributed by atoms with Crippen LogP contribution in [0.4, 0.5) is 5.69 Å². The van der Waals surface area contributed by atoms with Crippen LogP contribution in [0.3, 0.4) is 0 Å². The second-order valence-electron chi connectivity index (χ2n) is 6.82. The molecule has 0 spiro atoms. The minimum Gasteiger partial charge on any atom is -0.508 e. The average Bonchev–Trinajstić information content (AvgIpc) is 2.79. The molecule has 0 aliphatic heterocycles. The number of phenolic OH excluding ortho intramolecular Hbond substituents is 1. The molecule has 0 bridgehead atoms. The molecule has 0 heterocycles. The van der Waals surface area contributed by atoms with E-state index in [-0.39, 0.29) is 23.3 Å². The molecule has 3 aromatic carbocycles. The van der Waals surface area contributed by atoms with Crippen molar-refractivity contribution in [2.24, 2.45) is 0 Å². The lowest BCUT2D eigenvalue weighted by Crippen LogP contribution is -2.28. The second-order valence-corrected chi connectivity index (χ2v) is 6.82. The van der Waals surface area contributed by atoms with Crippen LogP contribution in [-0.2, 0) is 9.53 Å². The number of aromatic hydroxyl groups is 1. The Balaban J connectivity index is 1.60. The van der Waals surface area contributed by atoms with Gasteiger partial charge in [0.1, 0.15) is 5.75 Å². The Morgan fingerprint density at radius 2 is 1.55 bits per heavy atom. The van der Waals surface area contributed by atoms with Crippen LogP contribution in [-0.4, -0.2) is 29.5 Å². The van der Waals surface area contributed by atoms with Gasteiger partial charge in [0.2, 0.25) is 0 Å².